The number of ether oxygens (including phenoxy) is 1. The van der Waals surface area contributed by atoms with Crippen molar-refractivity contribution in [1.29, 1.82) is 0 Å². The molecule has 12 heteroatoms. The molecule has 1 unspecified atom stereocenters. The van der Waals surface area contributed by atoms with Crippen LogP contribution in [0.4, 0.5) is 16.2 Å². The molecule has 1 atom stereocenters. The summed E-state index contributed by atoms with van der Waals surface area (Å²) in [5, 5.41) is 14.6. The highest BCUT2D eigenvalue weighted by atomic mass is 16.6. The molecule has 35 heavy (non-hydrogen) atoms. The summed E-state index contributed by atoms with van der Waals surface area (Å²) in [6.45, 7) is 3.52. The number of hydrogen-bond acceptors (Lipinski definition) is 8. The SMILES string of the molecule is COc1ccc(C2(C)NC(=O)N(NC(=O)CN3CCN(c4ccccc4[N+](=O)[O-])CC3)C2=O)cc1. The van der Waals surface area contributed by atoms with E-state index >= 15 is 0 Å². The van der Waals surface area contributed by atoms with E-state index in [1.165, 1.54) is 13.2 Å². The second kappa shape index (κ2) is 9.58. The van der Waals surface area contributed by atoms with Gasteiger partial charge in [-0.15, -0.1) is 0 Å². The number of carbonyl (C=O) groups is 3. The van der Waals surface area contributed by atoms with Crippen LogP contribution >= 0.6 is 0 Å². The van der Waals surface area contributed by atoms with Gasteiger partial charge in [0.2, 0.25) is 0 Å². The van der Waals surface area contributed by atoms with Gasteiger partial charge in [-0.2, -0.15) is 5.01 Å². The molecule has 184 valence electrons. The Morgan fingerprint density at radius 1 is 1.11 bits per heavy atom. The van der Waals surface area contributed by atoms with Crippen molar-refractivity contribution in [2.75, 3.05) is 44.7 Å². The zero-order valence-electron chi connectivity index (χ0n) is 19.4. The number of urea groups is 1. The number of amides is 4. The lowest BCUT2D eigenvalue weighted by molar-refractivity contribution is -0.384. The molecule has 2 heterocycles. The van der Waals surface area contributed by atoms with Crippen molar-refractivity contribution in [3.63, 3.8) is 0 Å². The number of nitrogens with one attached hydrogen (secondary N) is 2. The van der Waals surface area contributed by atoms with Crippen molar-refractivity contribution in [3.05, 3.63) is 64.2 Å². The summed E-state index contributed by atoms with van der Waals surface area (Å²) in [7, 11) is 1.53. The Morgan fingerprint density at radius 3 is 2.40 bits per heavy atom. The first-order valence-corrected chi connectivity index (χ1v) is 11.0. The van der Waals surface area contributed by atoms with Gasteiger partial charge in [-0.3, -0.25) is 30.0 Å². The van der Waals surface area contributed by atoms with Crippen LogP contribution in [0.2, 0.25) is 0 Å². The third-order valence-corrected chi connectivity index (χ3v) is 6.25. The van der Waals surface area contributed by atoms with Gasteiger partial charge in [0, 0.05) is 32.2 Å². The molecule has 2 aromatic rings. The molecular weight excluding hydrogens is 456 g/mol. The summed E-state index contributed by atoms with van der Waals surface area (Å²) >= 11 is 0. The molecule has 2 saturated heterocycles. The monoisotopic (exact) mass is 482 g/mol. The molecule has 2 aliphatic rings. The van der Waals surface area contributed by atoms with Gasteiger partial charge in [-0.05, 0) is 30.7 Å². The number of benzene rings is 2. The molecule has 0 aromatic heterocycles. The summed E-state index contributed by atoms with van der Waals surface area (Å²) in [4.78, 5) is 52.8. The lowest BCUT2D eigenvalue weighted by atomic mass is 9.92. The Morgan fingerprint density at radius 2 is 1.77 bits per heavy atom. The maximum Gasteiger partial charge on any atom is 0.344 e. The van der Waals surface area contributed by atoms with Crippen LogP contribution in [0, 0.1) is 10.1 Å². The fourth-order valence-corrected chi connectivity index (χ4v) is 4.26. The van der Waals surface area contributed by atoms with Crippen LogP contribution < -0.4 is 20.4 Å². The molecule has 4 amide bonds. The Kier molecular flexibility index (Phi) is 6.56. The van der Waals surface area contributed by atoms with Crippen LogP contribution in [-0.2, 0) is 15.1 Å². The van der Waals surface area contributed by atoms with Crippen LogP contribution in [0.25, 0.3) is 0 Å². The smallest absolute Gasteiger partial charge is 0.344 e. The van der Waals surface area contributed by atoms with Crippen molar-refractivity contribution in [1.82, 2.24) is 20.7 Å². The maximum absolute atomic E-state index is 13.0. The molecule has 0 aliphatic carbocycles. The fraction of sp³-hybridized carbons (Fsp3) is 0.348. The van der Waals surface area contributed by atoms with Gasteiger partial charge in [-0.1, -0.05) is 24.3 Å². The number of nitro benzene ring substituents is 1. The molecule has 2 aromatic carbocycles. The van der Waals surface area contributed by atoms with Crippen molar-refractivity contribution in [3.8, 4) is 5.75 Å². The van der Waals surface area contributed by atoms with E-state index in [1.54, 1.807) is 49.4 Å². The first-order valence-electron chi connectivity index (χ1n) is 11.0. The highest BCUT2D eigenvalue weighted by molar-refractivity contribution is 6.08. The standard InChI is InChI=1S/C23H26N6O6/c1-23(16-7-9-17(35-2)10-8-16)21(31)28(22(32)24-23)25-20(30)15-26-11-13-27(14-12-26)18-5-3-4-6-19(18)29(33)34/h3-10H,11-15H2,1-2H3,(H,24,32)(H,25,30). The van der Waals surface area contributed by atoms with E-state index in [0.717, 1.165) is 0 Å². The number of imide groups is 1. The van der Waals surface area contributed by atoms with Crippen molar-refractivity contribution in [2.24, 2.45) is 0 Å². The molecule has 0 radical (unpaired) electrons. The molecule has 2 N–H and O–H groups in total. The molecule has 0 bridgehead atoms. The van der Waals surface area contributed by atoms with E-state index in [9.17, 15) is 24.5 Å². The minimum atomic E-state index is -1.33. The second-order valence-electron chi connectivity index (χ2n) is 8.47. The Hall–Kier alpha value is -4.19. The number of methoxy groups -OCH3 is 1. The number of rotatable bonds is 7. The van der Waals surface area contributed by atoms with Gasteiger partial charge in [-0.25, -0.2) is 4.79 Å². The Bertz CT molecular complexity index is 1150. The summed E-state index contributed by atoms with van der Waals surface area (Å²) in [5.41, 5.74) is 2.21. The molecule has 0 saturated carbocycles. The Balaban J connectivity index is 1.34. The van der Waals surface area contributed by atoms with E-state index in [4.69, 9.17) is 4.74 Å². The van der Waals surface area contributed by atoms with Crippen molar-refractivity contribution >= 4 is 29.2 Å². The van der Waals surface area contributed by atoms with Gasteiger partial charge in [0.1, 0.15) is 17.0 Å². The quantitative estimate of drug-likeness (QED) is 0.341. The number of nitro groups is 1. The molecule has 2 aliphatic heterocycles. The number of hydrogen-bond donors (Lipinski definition) is 2. The zero-order valence-corrected chi connectivity index (χ0v) is 19.4. The minimum absolute atomic E-state index is 0.0268. The number of nitrogens with zero attached hydrogens (tertiary/aromatic N) is 4. The third-order valence-electron chi connectivity index (χ3n) is 6.25. The van der Waals surface area contributed by atoms with E-state index < -0.39 is 28.3 Å². The number of piperazine rings is 1. The highest BCUT2D eigenvalue weighted by Gasteiger charge is 2.50. The number of anilines is 1. The predicted octanol–water partition coefficient (Wildman–Crippen LogP) is 1.22. The summed E-state index contributed by atoms with van der Waals surface area (Å²) in [6, 6.07) is 12.6. The van der Waals surface area contributed by atoms with E-state index in [0.29, 0.717) is 48.2 Å². The lowest BCUT2D eigenvalue weighted by Crippen LogP contribution is -2.53. The van der Waals surface area contributed by atoms with Crippen LogP contribution in [0.5, 0.6) is 5.75 Å². The van der Waals surface area contributed by atoms with Gasteiger partial charge in [0.15, 0.2) is 0 Å². The van der Waals surface area contributed by atoms with Crippen molar-refractivity contribution in [2.45, 2.75) is 12.5 Å². The van der Waals surface area contributed by atoms with Crippen LogP contribution in [0.15, 0.2) is 48.5 Å². The fourth-order valence-electron chi connectivity index (χ4n) is 4.26. The molecule has 4 rings (SSSR count). The average Bonchev–Trinajstić information content (AvgIpc) is 3.08. The zero-order chi connectivity index (χ0) is 25.2. The Labute approximate surface area is 201 Å². The van der Waals surface area contributed by atoms with Gasteiger partial charge < -0.3 is 15.0 Å². The largest absolute Gasteiger partial charge is 0.497 e. The normalized spacial score (nSPS) is 20.5. The van der Waals surface area contributed by atoms with Gasteiger partial charge in [0.05, 0.1) is 18.6 Å². The number of hydrazine groups is 1. The van der Waals surface area contributed by atoms with Gasteiger partial charge >= 0.3 is 6.03 Å². The first-order chi connectivity index (χ1) is 16.7. The molecular formula is C23H26N6O6. The van der Waals surface area contributed by atoms with E-state index in [-0.39, 0.29) is 12.2 Å². The maximum atomic E-state index is 13.0. The van der Waals surface area contributed by atoms with Crippen LogP contribution in [0.3, 0.4) is 0 Å². The third kappa shape index (κ3) is 4.73. The van der Waals surface area contributed by atoms with Gasteiger partial charge in [0.25, 0.3) is 17.5 Å². The van der Waals surface area contributed by atoms with E-state index in [1.807, 2.05) is 9.80 Å². The highest BCUT2D eigenvalue weighted by Crippen LogP contribution is 2.30. The van der Waals surface area contributed by atoms with Crippen molar-refractivity contribution < 1.29 is 24.0 Å². The lowest BCUT2D eigenvalue weighted by Gasteiger charge is -2.35. The number of para-hydroxylation sites is 2. The molecule has 12 nitrogen and oxygen atoms in total. The predicted molar refractivity (Wildman–Crippen MR) is 126 cm³/mol. The number of carbonyl (C=O) groups excluding carboxylic acids is 3. The summed E-state index contributed by atoms with van der Waals surface area (Å²) < 4.78 is 5.13. The van der Waals surface area contributed by atoms with Crippen LogP contribution in [0.1, 0.15) is 12.5 Å². The van der Waals surface area contributed by atoms with E-state index in [2.05, 4.69) is 10.7 Å². The molecule has 2 fully saturated rings. The first kappa shape index (κ1) is 24.0. The minimum Gasteiger partial charge on any atom is -0.497 e. The summed E-state index contributed by atoms with van der Waals surface area (Å²) in [6.07, 6.45) is 0. The topological polar surface area (TPSA) is 137 Å². The van der Waals surface area contributed by atoms with Crippen LogP contribution in [-0.4, -0.2) is 72.5 Å². The average molecular weight is 482 g/mol. The second-order valence-corrected chi connectivity index (χ2v) is 8.47. The summed E-state index contributed by atoms with van der Waals surface area (Å²) in [5.74, 6) is -0.491. The molecule has 0 spiro atoms.